The Hall–Kier alpha value is -1.39. The van der Waals surface area contributed by atoms with Crippen LogP contribution in [0.3, 0.4) is 0 Å². The summed E-state index contributed by atoms with van der Waals surface area (Å²) in [6, 6.07) is 10.5. The molecule has 2 heterocycles. The van der Waals surface area contributed by atoms with E-state index in [4.69, 9.17) is 4.74 Å². The molecule has 0 bridgehead atoms. The summed E-state index contributed by atoms with van der Waals surface area (Å²) in [5.41, 5.74) is 0.764. The molecule has 0 spiro atoms. The fraction of sp³-hybridized carbons (Fsp3) is 0.562. The number of ether oxygens (including phenoxy) is 1. The van der Waals surface area contributed by atoms with Crippen molar-refractivity contribution in [1.82, 2.24) is 4.90 Å². The summed E-state index contributed by atoms with van der Waals surface area (Å²) in [6.07, 6.45) is 1.27. The van der Waals surface area contributed by atoms with Crippen LogP contribution in [0.1, 0.15) is 24.3 Å². The first-order valence-electron chi connectivity index (χ1n) is 7.28. The number of likely N-dealkylation sites (tertiary alicyclic amines) is 1. The Kier molecular flexibility index (Phi) is 3.76. The van der Waals surface area contributed by atoms with Gasteiger partial charge in [0.2, 0.25) is 0 Å². The van der Waals surface area contributed by atoms with Crippen LogP contribution < -0.4 is 0 Å². The highest BCUT2D eigenvalue weighted by Crippen LogP contribution is 2.36. The van der Waals surface area contributed by atoms with E-state index >= 15 is 0 Å². The van der Waals surface area contributed by atoms with Crippen LogP contribution in [-0.4, -0.2) is 48.8 Å². The SMILES string of the molecule is O=C(O)C1(CN2CC(c3ccccc3)C2)CCOCC1. The van der Waals surface area contributed by atoms with Gasteiger partial charge in [-0.3, -0.25) is 4.79 Å². The van der Waals surface area contributed by atoms with Gasteiger partial charge in [0.15, 0.2) is 0 Å². The molecule has 2 saturated heterocycles. The van der Waals surface area contributed by atoms with Gasteiger partial charge >= 0.3 is 5.97 Å². The summed E-state index contributed by atoms with van der Waals surface area (Å²) in [5.74, 6) is -0.106. The van der Waals surface area contributed by atoms with Gasteiger partial charge in [0, 0.05) is 38.8 Å². The Morgan fingerprint density at radius 1 is 1.25 bits per heavy atom. The Labute approximate surface area is 119 Å². The maximum absolute atomic E-state index is 11.6. The third-order valence-corrected chi connectivity index (χ3v) is 4.66. The van der Waals surface area contributed by atoms with Crippen molar-refractivity contribution in [2.75, 3.05) is 32.8 Å². The maximum atomic E-state index is 11.6. The number of rotatable bonds is 4. The average Bonchev–Trinajstić information content (AvgIpc) is 2.44. The molecule has 0 saturated carbocycles. The minimum Gasteiger partial charge on any atom is -0.481 e. The molecule has 0 atom stereocenters. The van der Waals surface area contributed by atoms with Crippen LogP contribution in [0.4, 0.5) is 0 Å². The molecule has 0 radical (unpaired) electrons. The van der Waals surface area contributed by atoms with E-state index in [-0.39, 0.29) is 0 Å². The van der Waals surface area contributed by atoms with E-state index in [9.17, 15) is 9.90 Å². The number of nitrogens with zero attached hydrogens (tertiary/aromatic N) is 1. The van der Waals surface area contributed by atoms with Crippen molar-refractivity contribution in [1.29, 1.82) is 0 Å². The van der Waals surface area contributed by atoms with E-state index < -0.39 is 11.4 Å². The van der Waals surface area contributed by atoms with Crippen molar-refractivity contribution >= 4 is 5.97 Å². The lowest BCUT2D eigenvalue weighted by atomic mass is 9.78. The van der Waals surface area contributed by atoms with Crippen molar-refractivity contribution in [2.45, 2.75) is 18.8 Å². The van der Waals surface area contributed by atoms with Gasteiger partial charge in [-0.1, -0.05) is 30.3 Å². The molecule has 1 N–H and O–H groups in total. The minimum atomic E-state index is -0.663. The summed E-state index contributed by atoms with van der Waals surface area (Å²) in [5, 5.41) is 9.56. The maximum Gasteiger partial charge on any atom is 0.311 e. The van der Waals surface area contributed by atoms with Crippen molar-refractivity contribution in [3.8, 4) is 0 Å². The van der Waals surface area contributed by atoms with Crippen LogP contribution in [0.15, 0.2) is 30.3 Å². The number of hydrogen-bond acceptors (Lipinski definition) is 3. The summed E-state index contributed by atoms with van der Waals surface area (Å²) in [4.78, 5) is 13.9. The molecule has 4 nitrogen and oxygen atoms in total. The first-order valence-corrected chi connectivity index (χ1v) is 7.28. The van der Waals surface area contributed by atoms with Gasteiger partial charge in [-0.25, -0.2) is 0 Å². The lowest BCUT2D eigenvalue weighted by molar-refractivity contribution is -0.157. The fourth-order valence-electron chi connectivity index (χ4n) is 3.26. The molecular weight excluding hydrogens is 254 g/mol. The summed E-state index contributed by atoms with van der Waals surface area (Å²) in [7, 11) is 0. The molecule has 1 aromatic rings. The largest absolute Gasteiger partial charge is 0.481 e. The second-order valence-corrected chi connectivity index (χ2v) is 6.00. The monoisotopic (exact) mass is 275 g/mol. The molecule has 0 aromatic heterocycles. The quantitative estimate of drug-likeness (QED) is 0.912. The zero-order valence-electron chi connectivity index (χ0n) is 11.6. The number of aliphatic carboxylic acids is 1. The molecule has 3 rings (SSSR count). The third kappa shape index (κ3) is 2.58. The van der Waals surface area contributed by atoms with E-state index in [1.54, 1.807) is 0 Å². The van der Waals surface area contributed by atoms with Gasteiger partial charge in [0.05, 0.1) is 5.41 Å². The Morgan fingerprint density at radius 3 is 2.50 bits per heavy atom. The summed E-state index contributed by atoms with van der Waals surface area (Å²) < 4.78 is 5.32. The number of benzene rings is 1. The highest BCUT2D eigenvalue weighted by molar-refractivity contribution is 5.75. The summed E-state index contributed by atoms with van der Waals surface area (Å²) >= 11 is 0. The smallest absolute Gasteiger partial charge is 0.311 e. The van der Waals surface area contributed by atoms with Crippen molar-refractivity contribution < 1.29 is 14.6 Å². The van der Waals surface area contributed by atoms with Gasteiger partial charge in [-0.2, -0.15) is 0 Å². The lowest BCUT2D eigenvalue weighted by Crippen LogP contribution is -2.53. The first-order chi connectivity index (χ1) is 9.70. The van der Waals surface area contributed by atoms with Gasteiger partial charge in [-0.05, 0) is 18.4 Å². The molecule has 108 valence electrons. The highest BCUT2D eigenvalue weighted by Gasteiger charge is 2.44. The van der Waals surface area contributed by atoms with Crippen LogP contribution in [0, 0.1) is 5.41 Å². The molecule has 2 aliphatic rings. The van der Waals surface area contributed by atoms with Crippen LogP contribution >= 0.6 is 0 Å². The topological polar surface area (TPSA) is 49.8 Å². The molecule has 0 aliphatic carbocycles. The average molecular weight is 275 g/mol. The van der Waals surface area contributed by atoms with Crippen molar-refractivity contribution in [3.63, 3.8) is 0 Å². The standard InChI is InChI=1S/C16H21NO3/c18-15(19)16(6-8-20-9-7-16)12-17-10-14(11-17)13-4-2-1-3-5-13/h1-5,14H,6-12H2,(H,18,19). The zero-order chi connectivity index (χ0) is 14.0. The van der Waals surface area contributed by atoms with Crippen LogP contribution in [0.25, 0.3) is 0 Å². The third-order valence-electron chi connectivity index (χ3n) is 4.66. The van der Waals surface area contributed by atoms with Crippen molar-refractivity contribution in [2.24, 2.45) is 5.41 Å². The predicted molar refractivity (Wildman–Crippen MR) is 75.7 cm³/mol. The Morgan fingerprint density at radius 2 is 1.90 bits per heavy atom. The lowest BCUT2D eigenvalue weighted by Gasteiger charge is -2.45. The van der Waals surface area contributed by atoms with Crippen LogP contribution in [-0.2, 0) is 9.53 Å². The molecule has 4 heteroatoms. The van der Waals surface area contributed by atoms with E-state index in [0.29, 0.717) is 38.5 Å². The summed E-state index contributed by atoms with van der Waals surface area (Å²) in [6.45, 7) is 3.75. The minimum absolute atomic E-state index is 0.557. The number of carbonyl (C=O) groups is 1. The second-order valence-electron chi connectivity index (χ2n) is 6.00. The van der Waals surface area contributed by atoms with E-state index in [1.807, 2.05) is 6.07 Å². The molecule has 2 aliphatic heterocycles. The van der Waals surface area contributed by atoms with Crippen LogP contribution in [0.2, 0.25) is 0 Å². The number of carboxylic acid groups (broad SMARTS) is 1. The highest BCUT2D eigenvalue weighted by atomic mass is 16.5. The van der Waals surface area contributed by atoms with Gasteiger partial charge in [0.25, 0.3) is 0 Å². The molecule has 1 aromatic carbocycles. The predicted octanol–water partition coefficient (Wildman–Crippen LogP) is 1.97. The number of hydrogen-bond donors (Lipinski definition) is 1. The fourth-order valence-corrected chi connectivity index (χ4v) is 3.26. The molecular formula is C16H21NO3. The first kappa shape index (κ1) is 13.6. The number of carboxylic acids is 1. The normalized spacial score (nSPS) is 23.2. The van der Waals surface area contributed by atoms with Crippen LogP contribution in [0.5, 0.6) is 0 Å². The second kappa shape index (κ2) is 5.54. The van der Waals surface area contributed by atoms with Gasteiger partial charge in [0.1, 0.15) is 0 Å². The van der Waals surface area contributed by atoms with Crippen molar-refractivity contribution in [3.05, 3.63) is 35.9 Å². The molecule has 20 heavy (non-hydrogen) atoms. The molecule has 0 amide bonds. The molecule has 0 unspecified atom stereocenters. The Balaban J connectivity index is 1.58. The van der Waals surface area contributed by atoms with Gasteiger partial charge < -0.3 is 14.7 Å². The molecule has 2 fully saturated rings. The van der Waals surface area contributed by atoms with E-state index in [0.717, 1.165) is 13.1 Å². The van der Waals surface area contributed by atoms with E-state index in [2.05, 4.69) is 29.2 Å². The Bertz CT molecular complexity index is 462. The van der Waals surface area contributed by atoms with Gasteiger partial charge in [-0.15, -0.1) is 0 Å². The van der Waals surface area contributed by atoms with E-state index in [1.165, 1.54) is 5.56 Å². The zero-order valence-corrected chi connectivity index (χ0v) is 11.6.